The highest BCUT2D eigenvalue weighted by atomic mass is 16.3. The van der Waals surface area contributed by atoms with Gasteiger partial charge in [-0.2, -0.15) is 0 Å². The Balaban J connectivity index is 2.23. The van der Waals surface area contributed by atoms with E-state index in [4.69, 9.17) is 0 Å². The van der Waals surface area contributed by atoms with Gasteiger partial charge < -0.3 is 5.11 Å². The Morgan fingerprint density at radius 1 is 1.36 bits per heavy atom. The van der Waals surface area contributed by atoms with Gasteiger partial charge in [0.25, 0.3) is 0 Å². The van der Waals surface area contributed by atoms with Crippen LogP contribution >= 0.6 is 0 Å². The molecule has 1 N–H and O–H groups in total. The van der Waals surface area contributed by atoms with Crippen molar-refractivity contribution in [2.45, 2.75) is 44.1 Å². The lowest BCUT2D eigenvalue weighted by Crippen LogP contribution is -2.42. The Hall–Kier alpha value is -0.370. The zero-order valence-corrected chi connectivity index (χ0v) is 6.68. The van der Waals surface area contributed by atoms with Gasteiger partial charge >= 0.3 is 0 Å². The van der Waals surface area contributed by atoms with E-state index >= 15 is 0 Å². The van der Waals surface area contributed by atoms with Crippen LogP contribution in [0.25, 0.3) is 0 Å². The molecule has 0 saturated heterocycles. The first-order valence-electron chi connectivity index (χ1n) is 4.49. The summed E-state index contributed by atoms with van der Waals surface area (Å²) in [4.78, 5) is 11.3. The van der Waals surface area contributed by atoms with Crippen molar-refractivity contribution in [3.63, 3.8) is 0 Å². The molecule has 0 heterocycles. The molecule has 0 aromatic rings. The fourth-order valence-electron chi connectivity index (χ4n) is 2.50. The first-order chi connectivity index (χ1) is 5.23. The number of fused-ring (bicyclic) bond motifs is 1. The second-order valence-corrected chi connectivity index (χ2v) is 3.83. The van der Waals surface area contributed by atoms with Crippen molar-refractivity contribution in [1.82, 2.24) is 0 Å². The van der Waals surface area contributed by atoms with Gasteiger partial charge in [-0.1, -0.05) is 12.8 Å². The van der Waals surface area contributed by atoms with Crippen molar-refractivity contribution in [2.75, 3.05) is 0 Å². The number of ketones is 1. The van der Waals surface area contributed by atoms with Crippen molar-refractivity contribution in [3.05, 3.63) is 0 Å². The summed E-state index contributed by atoms with van der Waals surface area (Å²) in [7, 11) is 0. The van der Waals surface area contributed by atoms with Gasteiger partial charge in [0.15, 0.2) is 5.78 Å². The van der Waals surface area contributed by atoms with Gasteiger partial charge in [0.2, 0.25) is 0 Å². The first kappa shape index (κ1) is 7.29. The zero-order chi connectivity index (χ0) is 7.90. The Morgan fingerprint density at radius 2 is 2.18 bits per heavy atom. The van der Waals surface area contributed by atoms with Crippen LogP contribution in [-0.4, -0.2) is 16.5 Å². The molecule has 2 atom stereocenters. The highest BCUT2D eigenvalue weighted by Crippen LogP contribution is 2.43. The molecule has 2 rings (SSSR count). The molecule has 0 bridgehead atoms. The van der Waals surface area contributed by atoms with E-state index < -0.39 is 5.60 Å². The van der Waals surface area contributed by atoms with Crippen LogP contribution < -0.4 is 0 Å². The van der Waals surface area contributed by atoms with Crippen molar-refractivity contribution < 1.29 is 9.90 Å². The van der Waals surface area contributed by atoms with Gasteiger partial charge in [-0.05, 0) is 25.2 Å². The lowest BCUT2D eigenvalue weighted by atomic mass is 9.77. The highest BCUT2D eigenvalue weighted by Gasteiger charge is 2.48. The third-order valence-corrected chi connectivity index (χ3v) is 3.24. The quantitative estimate of drug-likeness (QED) is 0.570. The van der Waals surface area contributed by atoms with E-state index in [0.717, 1.165) is 25.7 Å². The van der Waals surface area contributed by atoms with E-state index in [-0.39, 0.29) is 5.78 Å². The molecule has 2 aliphatic rings. The van der Waals surface area contributed by atoms with Crippen LogP contribution in [0.1, 0.15) is 38.5 Å². The summed E-state index contributed by atoms with van der Waals surface area (Å²) >= 11 is 0. The fraction of sp³-hybridized carbons (Fsp3) is 0.889. The number of hydrogen-bond acceptors (Lipinski definition) is 2. The molecule has 2 fully saturated rings. The molecule has 11 heavy (non-hydrogen) atoms. The largest absolute Gasteiger partial charge is 0.382 e. The molecule has 0 amide bonds. The molecule has 0 spiro atoms. The summed E-state index contributed by atoms with van der Waals surface area (Å²) in [5, 5.41) is 9.93. The number of rotatable bonds is 0. The maximum Gasteiger partial charge on any atom is 0.164 e. The molecule has 2 nitrogen and oxygen atoms in total. The smallest absolute Gasteiger partial charge is 0.164 e. The summed E-state index contributed by atoms with van der Waals surface area (Å²) < 4.78 is 0. The summed E-state index contributed by atoms with van der Waals surface area (Å²) in [6.45, 7) is 0. The van der Waals surface area contributed by atoms with Crippen LogP contribution in [0, 0.1) is 5.92 Å². The summed E-state index contributed by atoms with van der Waals surface area (Å²) in [6, 6.07) is 0. The molecule has 0 aliphatic heterocycles. The average Bonchev–Trinajstić information content (AvgIpc) is 2.29. The zero-order valence-electron chi connectivity index (χ0n) is 6.68. The van der Waals surface area contributed by atoms with Gasteiger partial charge in [-0.15, -0.1) is 0 Å². The number of carbonyl (C=O) groups is 1. The predicted octanol–water partition coefficient (Wildman–Crippen LogP) is 1.27. The minimum absolute atomic E-state index is 0.0993. The van der Waals surface area contributed by atoms with Gasteiger partial charge in [0.05, 0.1) is 0 Å². The third kappa shape index (κ3) is 0.924. The second-order valence-electron chi connectivity index (χ2n) is 3.83. The highest BCUT2D eigenvalue weighted by molar-refractivity contribution is 5.89. The van der Waals surface area contributed by atoms with E-state index in [0.29, 0.717) is 12.3 Å². The molecule has 2 aliphatic carbocycles. The molecular weight excluding hydrogens is 140 g/mol. The molecular formula is C9H14O2. The molecule has 0 aromatic carbocycles. The molecule has 2 saturated carbocycles. The second kappa shape index (κ2) is 2.31. The maximum absolute atomic E-state index is 11.3. The lowest BCUT2D eigenvalue weighted by molar-refractivity contribution is -0.139. The Morgan fingerprint density at radius 3 is 2.91 bits per heavy atom. The minimum atomic E-state index is -0.891. The standard InChI is InChI=1S/C9H14O2/c10-8-5-4-7-3-1-2-6-9(7,8)11/h7,11H,1-6H2/t7-,9-/m1/s1. The number of Topliss-reactive ketones (excluding diaryl/α,β-unsaturated/α-hetero) is 1. The van der Waals surface area contributed by atoms with Gasteiger partial charge in [-0.25, -0.2) is 0 Å². The van der Waals surface area contributed by atoms with E-state index in [9.17, 15) is 9.90 Å². The molecule has 2 heteroatoms. The average molecular weight is 154 g/mol. The van der Waals surface area contributed by atoms with Crippen LogP contribution in [0.15, 0.2) is 0 Å². The SMILES string of the molecule is O=C1CC[C@H]2CCCC[C@]12O. The molecule has 62 valence electrons. The Labute approximate surface area is 66.6 Å². The monoisotopic (exact) mass is 154 g/mol. The van der Waals surface area contributed by atoms with E-state index in [2.05, 4.69) is 0 Å². The Kier molecular flexibility index (Phi) is 1.53. The van der Waals surface area contributed by atoms with Crippen LogP contribution in [0.5, 0.6) is 0 Å². The number of aliphatic hydroxyl groups is 1. The van der Waals surface area contributed by atoms with Crippen LogP contribution in [0.4, 0.5) is 0 Å². The van der Waals surface area contributed by atoms with E-state index in [1.807, 2.05) is 0 Å². The molecule has 0 radical (unpaired) electrons. The first-order valence-corrected chi connectivity index (χ1v) is 4.49. The van der Waals surface area contributed by atoms with Crippen LogP contribution in [0.2, 0.25) is 0 Å². The normalized spacial score (nSPS) is 44.1. The topological polar surface area (TPSA) is 37.3 Å². The predicted molar refractivity (Wildman–Crippen MR) is 41.1 cm³/mol. The fourth-order valence-corrected chi connectivity index (χ4v) is 2.50. The van der Waals surface area contributed by atoms with E-state index in [1.54, 1.807) is 0 Å². The Bertz CT molecular complexity index is 188. The van der Waals surface area contributed by atoms with Crippen molar-refractivity contribution >= 4 is 5.78 Å². The van der Waals surface area contributed by atoms with Gasteiger partial charge in [0.1, 0.15) is 5.60 Å². The van der Waals surface area contributed by atoms with Crippen LogP contribution in [-0.2, 0) is 4.79 Å². The maximum atomic E-state index is 11.3. The minimum Gasteiger partial charge on any atom is -0.382 e. The van der Waals surface area contributed by atoms with Gasteiger partial charge in [-0.3, -0.25) is 4.79 Å². The third-order valence-electron chi connectivity index (χ3n) is 3.24. The van der Waals surface area contributed by atoms with E-state index in [1.165, 1.54) is 6.42 Å². The van der Waals surface area contributed by atoms with Crippen molar-refractivity contribution in [1.29, 1.82) is 0 Å². The summed E-state index contributed by atoms with van der Waals surface area (Å²) in [5.41, 5.74) is -0.891. The molecule has 0 unspecified atom stereocenters. The van der Waals surface area contributed by atoms with Crippen molar-refractivity contribution in [2.24, 2.45) is 5.92 Å². The van der Waals surface area contributed by atoms with Crippen LogP contribution in [0.3, 0.4) is 0 Å². The number of carbonyl (C=O) groups excluding carboxylic acids is 1. The summed E-state index contributed by atoms with van der Waals surface area (Å²) in [6.07, 6.45) is 5.54. The lowest BCUT2D eigenvalue weighted by Gasteiger charge is -2.32. The molecule has 0 aromatic heterocycles. The summed E-state index contributed by atoms with van der Waals surface area (Å²) in [5.74, 6) is 0.394. The van der Waals surface area contributed by atoms with Gasteiger partial charge in [0, 0.05) is 6.42 Å². The van der Waals surface area contributed by atoms with Crippen molar-refractivity contribution in [3.8, 4) is 0 Å². The number of hydrogen-bond donors (Lipinski definition) is 1.